The van der Waals surface area contributed by atoms with Crippen LogP contribution in [0.5, 0.6) is 11.5 Å². The Labute approximate surface area is 192 Å². The average molecular weight is 451 g/mol. The van der Waals surface area contributed by atoms with Gasteiger partial charge in [0.15, 0.2) is 0 Å². The maximum atomic E-state index is 13.1. The van der Waals surface area contributed by atoms with Gasteiger partial charge in [-0.1, -0.05) is 24.3 Å². The summed E-state index contributed by atoms with van der Waals surface area (Å²) in [6.45, 7) is 0.617. The van der Waals surface area contributed by atoms with Crippen LogP contribution in [0.2, 0.25) is 0 Å². The molecule has 1 heterocycles. The number of halogens is 1. The predicted molar refractivity (Wildman–Crippen MR) is 126 cm³/mol. The summed E-state index contributed by atoms with van der Waals surface area (Å²) in [4.78, 5) is 17.1. The summed E-state index contributed by atoms with van der Waals surface area (Å²) in [5.41, 5.74) is 4.01. The van der Waals surface area contributed by atoms with Crippen molar-refractivity contribution in [2.24, 2.45) is 0 Å². The smallest absolute Gasteiger partial charge is 0.256 e. The second-order valence-corrected chi connectivity index (χ2v) is 6.88. The number of hydrogen-bond acceptors (Lipinski definition) is 5. The lowest BCUT2D eigenvalue weighted by atomic mass is 9.98. The fraction of sp³-hybridized carbons (Fsp3) is 0.125. The predicted octanol–water partition coefficient (Wildman–Crippen LogP) is 4.68. The number of rotatable bonds is 7. The van der Waals surface area contributed by atoms with Crippen LogP contribution in [0, 0.1) is 0 Å². The van der Waals surface area contributed by atoms with E-state index in [4.69, 9.17) is 9.47 Å². The topological polar surface area (TPSA) is 78.3 Å². The number of anilines is 1. The highest BCUT2D eigenvalue weighted by molar-refractivity contribution is 6.09. The molecule has 0 bridgehead atoms. The Morgan fingerprint density at radius 3 is 2.25 bits per heavy atom. The number of nitrogens with one attached hydrogen (secondary N) is 1. The molecule has 0 saturated carbocycles. The zero-order chi connectivity index (χ0) is 21.6. The van der Waals surface area contributed by atoms with Crippen LogP contribution in [0.15, 0.2) is 79.4 Å². The van der Waals surface area contributed by atoms with Crippen molar-refractivity contribution in [2.75, 3.05) is 19.5 Å². The number of ether oxygens (including phenoxy) is 2. The minimum Gasteiger partial charge on any atom is -0.497 e. The average Bonchev–Trinajstić information content (AvgIpc) is 3.33. The first-order chi connectivity index (χ1) is 15.2. The van der Waals surface area contributed by atoms with Crippen LogP contribution in [-0.4, -0.2) is 34.9 Å². The van der Waals surface area contributed by atoms with E-state index in [1.807, 2.05) is 60.7 Å². The molecule has 1 aromatic heterocycles. The lowest BCUT2D eigenvalue weighted by Gasteiger charge is -2.13. The zero-order valence-electron chi connectivity index (χ0n) is 17.7. The van der Waals surface area contributed by atoms with Gasteiger partial charge in [-0.3, -0.25) is 4.79 Å². The molecule has 7 nitrogen and oxygen atoms in total. The molecule has 4 rings (SSSR count). The van der Waals surface area contributed by atoms with Crippen LogP contribution >= 0.6 is 12.4 Å². The third-order valence-electron chi connectivity index (χ3n) is 4.90. The highest BCUT2D eigenvalue weighted by Gasteiger charge is 2.15. The fourth-order valence-corrected chi connectivity index (χ4v) is 3.25. The van der Waals surface area contributed by atoms with Crippen molar-refractivity contribution in [1.82, 2.24) is 14.8 Å². The first-order valence-corrected chi connectivity index (χ1v) is 9.71. The number of aromatic nitrogens is 3. The minimum atomic E-state index is -0.214. The van der Waals surface area contributed by atoms with Crippen LogP contribution in [0.25, 0.3) is 11.1 Å². The summed E-state index contributed by atoms with van der Waals surface area (Å²) in [6, 6.07) is 20.7. The summed E-state index contributed by atoms with van der Waals surface area (Å²) in [6.07, 6.45) is 3.17. The number of benzene rings is 3. The molecule has 0 radical (unpaired) electrons. The fourth-order valence-electron chi connectivity index (χ4n) is 3.25. The molecule has 3 aromatic carbocycles. The molecular formula is C24H23ClN4O3. The van der Waals surface area contributed by atoms with Crippen LogP contribution in [-0.2, 0) is 6.54 Å². The lowest BCUT2D eigenvalue weighted by Crippen LogP contribution is -2.13. The summed E-state index contributed by atoms with van der Waals surface area (Å²) in [5, 5.41) is 7.08. The zero-order valence-corrected chi connectivity index (χ0v) is 18.5. The van der Waals surface area contributed by atoms with Crippen molar-refractivity contribution in [1.29, 1.82) is 0 Å². The summed E-state index contributed by atoms with van der Waals surface area (Å²) >= 11 is 0. The lowest BCUT2D eigenvalue weighted by molar-refractivity contribution is 0.102. The first kappa shape index (κ1) is 22.8. The van der Waals surface area contributed by atoms with Crippen molar-refractivity contribution < 1.29 is 14.3 Å². The largest absolute Gasteiger partial charge is 0.497 e. The second-order valence-electron chi connectivity index (χ2n) is 6.88. The van der Waals surface area contributed by atoms with Crippen molar-refractivity contribution in [3.8, 4) is 22.6 Å². The van der Waals surface area contributed by atoms with Gasteiger partial charge in [-0.25, -0.2) is 9.67 Å². The Kier molecular flexibility index (Phi) is 7.46. The molecule has 0 atom stereocenters. The summed E-state index contributed by atoms with van der Waals surface area (Å²) < 4.78 is 12.3. The second kappa shape index (κ2) is 10.5. The molecule has 8 heteroatoms. The standard InChI is InChI=1S/C24H22N4O3.ClH/c1-30-20-9-5-18(6-10-20)22-12-11-21(31-2)13-23(22)24(29)27-19-7-3-17(4-8-19)14-28-16-25-15-26-28;/h3-13,15-16H,14H2,1-2H3,(H,27,29);1H. The van der Waals surface area contributed by atoms with Gasteiger partial charge in [0.2, 0.25) is 0 Å². The minimum absolute atomic E-state index is 0. The van der Waals surface area contributed by atoms with E-state index in [2.05, 4.69) is 15.4 Å². The molecule has 0 fully saturated rings. The maximum Gasteiger partial charge on any atom is 0.256 e. The first-order valence-electron chi connectivity index (χ1n) is 9.71. The highest BCUT2D eigenvalue weighted by Crippen LogP contribution is 2.29. The Bertz CT molecular complexity index is 1160. The Balaban J connectivity index is 0.00000289. The number of carbonyl (C=O) groups is 1. The SMILES string of the molecule is COc1ccc(-c2ccc(OC)cc2C(=O)Nc2ccc(Cn3cncn3)cc2)cc1.Cl. The number of methoxy groups -OCH3 is 2. The molecule has 32 heavy (non-hydrogen) atoms. The molecule has 0 aliphatic carbocycles. The Hall–Kier alpha value is -3.84. The van der Waals surface area contributed by atoms with E-state index in [1.54, 1.807) is 31.3 Å². The highest BCUT2D eigenvalue weighted by atomic mass is 35.5. The van der Waals surface area contributed by atoms with E-state index in [0.29, 0.717) is 23.5 Å². The van der Waals surface area contributed by atoms with Crippen LogP contribution in [0.4, 0.5) is 5.69 Å². The number of hydrogen-bond donors (Lipinski definition) is 1. The monoisotopic (exact) mass is 450 g/mol. The van der Waals surface area contributed by atoms with Crippen molar-refractivity contribution >= 4 is 24.0 Å². The van der Waals surface area contributed by atoms with Gasteiger partial charge in [0.25, 0.3) is 5.91 Å². The number of amides is 1. The van der Waals surface area contributed by atoms with Crippen LogP contribution < -0.4 is 14.8 Å². The molecule has 0 aliphatic rings. The summed E-state index contributed by atoms with van der Waals surface area (Å²) in [5.74, 6) is 1.16. The van der Waals surface area contributed by atoms with E-state index in [1.165, 1.54) is 6.33 Å². The Morgan fingerprint density at radius 1 is 0.938 bits per heavy atom. The van der Waals surface area contributed by atoms with Crippen molar-refractivity contribution in [3.63, 3.8) is 0 Å². The third-order valence-corrected chi connectivity index (χ3v) is 4.90. The molecular weight excluding hydrogens is 428 g/mol. The van der Waals surface area contributed by atoms with Gasteiger partial charge in [0.05, 0.1) is 26.3 Å². The van der Waals surface area contributed by atoms with E-state index in [9.17, 15) is 4.79 Å². The molecule has 0 spiro atoms. The molecule has 0 unspecified atom stereocenters. The molecule has 4 aromatic rings. The number of carbonyl (C=O) groups excluding carboxylic acids is 1. The van der Waals surface area contributed by atoms with Crippen LogP contribution in [0.3, 0.4) is 0 Å². The Morgan fingerprint density at radius 2 is 1.62 bits per heavy atom. The van der Waals surface area contributed by atoms with Crippen molar-refractivity contribution in [2.45, 2.75) is 6.54 Å². The third kappa shape index (κ3) is 5.25. The van der Waals surface area contributed by atoms with E-state index in [-0.39, 0.29) is 18.3 Å². The van der Waals surface area contributed by atoms with E-state index in [0.717, 1.165) is 22.4 Å². The van der Waals surface area contributed by atoms with Crippen molar-refractivity contribution in [3.05, 3.63) is 90.5 Å². The van der Waals surface area contributed by atoms with Gasteiger partial charge in [0, 0.05) is 5.69 Å². The van der Waals surface area contributed by atoms with Gasteiger partial charge in [-0.05, 0) is 59.2 Å². The quantitative estimate of drug-likeness (QED) is 0.442. The summed E-state index contributed by atoms with van der Waals surface area (Å²) in [7, 11) is 3.20. The normalized spacial score (nSPS) is 10.2. The van der Waals surface area contributed by atoms with Crippen LogP contribution in [0.1, 0.15) is 15.9 Å². The maximum absolute atomic E-state index is 13.1. The van der Waals surface area contributed by atoms with Gasteiger partial charge in [0.1, 0.15) is 24.2 Å². The van der Waals surface area contributed by atoms with Gasteiger partial charge in [-0.2, -0.15) is 5.10 Å². The van der Waals surface area contributed by atoms with E-state index >= 15 is 0 Å². The van der Waals surface area contributed by atoms with Gasteiger partial charge < -0.3 is 14.8 Å². The van der Waals surface area contributed by atoms with Gasteiger partial charge in [-0.15, -0.1) is 12.4 Å². The van der Waals surface area contributed by atoms with E-state index < -0.39 is 0 Å². The molecule has 1 N–H and O–H groups in total. The molecule has 1 amide bonds. The van der Waals surface area contributed by atoms with Gasteiger partial charge >= 0.3 is 0 Å². The number of nitrogens with zero attached hydrogens (tertiary/aromatic N) is 3. The molecule has 0 saturated heterocycles. The molecule has 164 valence electrons. The molecule has 0 aliphatic heterocycles.